The number of methoxy groups -OCH3 is 1. The SMILES string of the molecule is COc1cccc(C2/C(=C(/O)c3ccc4c(c3)OCO4)C(=O)C(=O)N2c2ccc(CC(=O)O)cc2)c1. The van der Waals surface area contributed by atoms with Crippen LogP contribution >= 0.6 is 0 Å². The number of fused-ring (bicyclic) bond motifs is 1. The quantitative estimate of drug-likeness (QED) is 0.307. The van der Waals surface area contributed by atoms with Gasteiger partial charge in [-0.2, -0.15) is 0 Å². The average molecular weight is 487 g/mol. The van der Waals surface area contributed by atoms with Gasteiger partial charge in [0.2, 0.25) is 6.79 Å². The standard InChI is InChI=1S/C27H21NO8/c1-34-19-4-2-3-16(12-19)24-23(25(31)17-7-10-20-21(13-17)36-14-35-20)26(32)27(33)28(24)18-8-5-15(6-9-18)11-22(29)30/h2-10,12-13,24,31H,11,14H2,1H3,(H,29,30)/b25-23-. The van der Waals surface area contributed by atoms with Gasteiger partial charge in [0.05, 0.1) is 25.1 Å². The first kappa shape index (κ1) is 23.0. The number of ketones is 1. The molecule has 0 radical (unpaired) electrons. The van der Waals surface area contributed by atoms with E-state index in [1.807, 2.05) is 0 Å². The summed E-state index contributed by atoms with van der Waals surface area (Å²) < 4.78 is 16.1. The van der Waals surface area contributed by atoms with Crippen LogP contribution in [0.15, 0.2) is 72.3 Å². The van der Waals surface area contributed by atoms with Crippen molar-refractivity contribution in [2.75, 3.05) is 18.8 Å². The van der Waals surface area contributed by atoms with E-state index in [2.05, 4.69) is 0 Å². The molecule has 9 nitrogen and oxygen atoms in total. The minimum Gasteiger partial charge on any atom is -0.507 e. The molecule has 182 valence electrons. The number of aliphatic hydroxyl groups excluding tert-OH is 1. The molecule has 2 heterocycles. The second-order valence-electron chi connectivity index (χ2n) is 8.25. The smallest absolute Gasteiger partial charge is 0.307 e. The number of aliphatic carboxylic acids is 1. The summed E-state index contributed by atoms with van der Waals surface area (Å²) in [6, 6.07) is 17.0. The van der Waals surface area contributed by atoms with Gasteiger partial charge in [-0.25, -0.2) is 0 Å². The number of rotatable bonds is 6. The molecule has 3 aromatic carbocycles. The zero-order chi connectivity index (χ0) is 25.4. The van der Waals surface area contributed by atoms with Gasteiger partial charge in [-0.1, -0.05) is 24.3 Å². The molecule has 2 aliphatic heterocycles. The highest BCUT2D eigenvalue weighted by Crippen LogP contribution is 2.44. The van der Waals surface area contributed by atoms with Crippen molar-refractivity contribution in [3.05, 3.63) is 89.0 Å². The summed E-state index contributed by atoms with van der Waals surface area (Å²) >= 11 is 0. The highest BCUT2D eigenvalue weighted by molar-refractivity contribution is 6.51. The Labute approximate surface area is 205 Å². The molecule has 1 saturated heterocycles. The van der Waals surface area contributed by atoms with Crippen LogP contribution in [0.1, 0.15) is 22.7 Å². The van der Waals surface area contributed by atoms with Crippen molar-refractivity contribution in [3.63, 3.8) is 0 Å². The van der Waals surface area contributed by atoms with Crippen molar-refractivity contribution >= 4 is 29.1 Å². The Kier molecular flexibility index (Phi) is 5.81. The molecule has 0 spiro atoms. The maximum atomic E-state index is 13.3. The predicted octanol–water partition coefficient (Wildman–Crippen LogP) is 3.68. The number of carbonyl (C=O) groups is 3. The molecule has 0 saturated carbocycles. The van der Waals surface area contributed by atoms with E-state index < -0.39 is 23.7 Å². The molecule has 9 heteroatoms. The van der Waals surface area contributed by atoms with Crippen LogP contribution in [0.5, 0.6) is 17.2 Å². The fourth-order valence-electron chi connectivity index (χ4n) is 4.37. The number of Topliss-reactive ketones (excluding diaryl/α,β-unsaturated/α-hetero) is 1. The maximum absolute atomic E-state index is 13.3. The Bertz CT molecular complexity index is 1410. The minimum absolute atomic E-state index is 0.0472. The van der Waals surface area contributed by atoms with E-state index in [9.17, 15) is 19.5 Å². The number of ether oxygens (including phenoxy) is 3. The number of hydrogen-bond donors (Lipinski definition) is 2. The van der Waals surface area contributed by atoms with Gasteiger partial charge in [0.15, 0.2) is 11.5 Å². The zero-order valence-corrected chi connectivity index (χ0v) is 19.1. The second kappa shape index (κ2) is 9.10. The number of aliphatic hydroxyl groups is 1. The summed E-state index contributed by atoms with van der Waals surface area (Å²) in [4.78, 5) is 39.0. The van der Waals surface area contributed by atoms with Crippen LogP contribution in [0.25, 0.3) is 5.76 Å². The van der Waals surface area contributed by atoms with Gasteiger partial charge in [-0.15, -0.1) is 0 Å². The predicted molar refractivity (Wildman–Crippen MR) is 128 cm³/mol. The van der Waals surface area contributed by atoms with Gasteiger partial charge < -0.3 is 24.4 Å². The van der Waals surface area contributed by atoms with Crippen molar-refractivity contribution < 1.29 is 38.8 Å². The molecule has 36 heavy (non-hydrogen) atoms. The molecule has 2 aliphatic rings. The van der Waals surface area contributed by atoms with E-state index in [4.69, 9.17) is 19.3 Å². The fraction of sp³-hybridized carbons (Fsp3) is 0.148. The molecule has 3 aromatic rings. The topological polar surface area (TPSA) is 123 Å². The van der Waals surface area contributed by atoms with E-state index in [1.54, 1.807) is 66.7 Å². The van der Waals surface area contributed by atoms with E-state index in [-0.39, 0.29) is 24.5 Å². The van der Waals surface area contributed by atoms with Gasteiger partial charge in [0.25, 0.3) is 11.7 Å². The highest BCUT2D eigenvalue weighted by atomic mass is 16.7. The molecule has 0 aromatic heterocycles. The third-order valence-electron chi connectivity index (χ3n) is 6.07. The molecular formula is C27H21NO8. The number of anilines is 1. The lowest BCUT2D eigenvalue weighted by Crippen LogP contribution is -2.29. The van der Waals surface area contributed by atoms with E-state index >= 15 is 0 Å². The van der Waals surface area contributed by atoms with Gasteiger partial charge in [-0.05, 0) is 53.6 Å². The Morgan fingerprint density at radius 1 is 1.00 bits per heavy atom. The average Bonchev–Trinajstić information content (AvgIpc) is 3.46. The molecule has 2 N–H and O–H groups in total. The third-order valence-corrected chi connectivity index (χ3v) is 6.07. The van der Waals surface area contributed by atoms with Crippen LogP contribution in [0.3, 0.4) is 0 Å². The molecule has 1 atom stereocenters. The van der Waals surface area contributed by atoms with Gasteiger partial charge in [-0.3, -0.25) is 19.3 Å². The van der Waals surface area contributed by atoms with Gasteiger partial charge in [0.1, 0.15) is 11.5 Å². The summed E-state index contributed by atoms with van der Waals surface area (Å²) in [6.45, 7) is 0.0472. The summed E-state index contributed by atoms with van der Waals surface area (Å²) in [5.74, 6) is -1.58. The highest BCUT2D eigenvalue weighted by Gasteiger charge is 2.47. The lowest BCUT2D eigenvalue weighted by molar-refractivity contribution is -0.136. The van der Waals surface area contributed by atoms with Crippen LogP contribution in [-0.4, -0.2) is 41.8 Å². The molecular weight excluding hydrogens is 466 g/mol. The lowest BCUT2D eigenvalue weighted by Gasteiger charge is -2.26. The van der Waals surface area contributed by atoms with Crippen molar-refractivity contribution in [2.24, 2.45) is 0 Å². The van der Waals surface area contributed by atoms with Crippen LogP contribution < -0.4 is 19.1 Å². The fourth-order valence-corrected chi connectivity index (χ4v) is 4.37. The van der Waals surface area contributed by atoms with Crippen molar-refractivity contribution in [2.45, 2.75) is 12.5 Å². The number of amides is 1. The Morgan fingerprint density at radius 2 is 1.75 bits per heavy atom. The number of benzene rings is 3. The van der Waals surface area contributed by atoms with Gasteiger partial charge >= 0.3 is 5.97 Å². The Hall–Kier alpha value is -4.79. The van der Waals surface area contributed by atoms with Crippen molar-refractivity contribution in [1.29, 1.82) is 0 Å². The molecule has 1 amide bonds. The molecule has 5 rings (SSSR count). The summed E-state index contributed by atoms with van der Waals surface area (Å²) in [5, 5.41) is 20.3. The number of carboxylic acid groups (broad SMARTS) is 1. The molecule has 0 bridgehead atoms. The van der Waals surface area contributed by atoms with Crippen LogP contribution in [-0.2, 0) is 20.8 Å². The van der Waals surface area contributed by atoms with Crippen LogP contribution in [0.2, 0.25) is 0 Å². The Morgan fingerprint density at radius 3 is 2.47 bits per heavy atom. The first-order valence-corrected chi connectivity index (χ1v) is 11.0. The van der Waals surface area contributed by atoms with Crippen LogP contribution in [0.4, 0.5) is 5.69 Å². The van der Waals surface area contributed by atoms with Crippen molar-refractivity contribution in [1.82, 2.24) is 0 Å². The lowest BCUT2D eigenvalue weighted by atomic mass is 9.94. The first-order chi connectivity index (χ1) is 17.4. The minimum atomic E-state index is -0.983. The van der Waals surface area contributed by atoms with E-state index in [0.29, 0.717) is 39.6 Å². The monoisotopic (exact) mass is 487 g/mol. The van der Waals surface area contributed by atoms with E-state index in [1.165, 1.54) is 12.0 Å². The normalized spacial score (nSPS) is 17.9. The summed E-state index contributed by atoms with van der Waals surface area (Å²) in [7, 11) is 1.50. The first-order valence-electron chi connectivity index (χ1n) is 11.0. The molecule has 1 fully saturated rings. The Balaban J connectivity index is 1.66. The zero-order valence-electron chi connectivity index (χ0n) is 19.1. The second-order valence-corrected chi connectivity index (χ2v) is 8.25. The van der Waals surface area contributed by atoms with Crippen LogP contribution in [0, 0.1) is 0 Å². The number of carboxylic acids is 1. The summed E-state index contributed by atoms with van der Waals surface area (Å²) in [6.07, 6.45) is -0.178. The number of nitrogens with zero attached hydrogens (tertiary/aromatic N) is 1. The van der Waals surface area contributed by atoms with Crippen molar-refractivity contribution in [3.8, 4) is 17.2 Å². The molecule has 1 unspecified atom stereocenters. The largest absolute Gasteiger partial charge is 0.507 e. The third kappa shape index (κ3) is 4.00. The number of hydrogen-bond acceptors (Lipinski definition) is 7. The van der Waals surface area contributed by atoms with E-state index in [0.717, 1.165) is 0 Å². The van der Waals surface area contributed by atoms with Gasteiger partial charge in [0, 0.05) is 11.3 Å². The maximum Gasteiger partial charge on any atom is 0.307 e. The number of carbonyl (C=O) groups excluding carboxylic acids is 2. The summed E-state index contributed by atoms with van der Waals surface area (Å²) in [5.41, 5.74) is 1.67. The molecule has 0 aliphatic carbocycles.